The number of ether oxygens (including phenoxy) is 1. The summed E-state index contributed by atoms with van der Waals surface area (Å²) >= 11 is 3.56. The molecule has 6 rings (SSSR count). The Kier molecular flexibility index (Phi) is 5.33. The highest BCUT2D eigenvalue weighted by Gasteiger charge is 2.73. The van der Waals surface area contributed by atoms with Crippen molar-refractivity contribution in [1.82, 2.24) is 9.80 Å². The normalized spacial score (nSPS) is 32.5. The molecule has 2 heterocycles. The Hall–Kier alpha value is -2.35. The molecule has 2 N–H and O–H groups in total. The fourth-order valence-corrected chi connectivity index (χ4v) is 7.93. The van der Waals surface area contributed by atoms with Crippen LogP contribution in [0.25, 0.3) is 0 Å². The fraction of sp³-hybridized carbons (Fsp3) is 0.464. The highest BCUT2D eigenvalue weighted by Crippen LogP contribution is 2.65. The monoisotopic (exact) mass is 538 g/mol. The zero-order valence-electron chi connectivity index (χ0n) is 19.9. The summed E-state index contributed by atoms with van der Waals surface area (Å²) in [5, 5.41) is 23.2. The quantitative estimate of drug-likeness (QED) is 0.569. The number of likely N-dealkylation sites (tertiary alicyclic amines) is 1. The molecular weight excluding hydrogens is 508 g/mol. The molecule has 2 aliphatic carbocycles. The van der Waals surface area contributed by atoms with Crippen molar-refractivity contribution in [2.24, 2.45) is 0 Å². The fourth-order valence-electron chi connectivity index (χ4n) is 7.50. The summed E-state index contributed by atoms with van der Waals surface area (Å²) < 4.78 is 7.49. The van der Waals surface area contributed by atoms with Gasteiger partial charge in [0.15, 0.2) is 11.5 Å². The van der Waals surface area contributed by atoms with Gasteiger partial charge in [0.25, 0.3) is 0 Å². The molecule has 2 bridgehead atoms. The van der Waals surface area contributed by atoms with Crippen LogP contribution in [0, 0.1) is 0 Å². The molecule has 184 valence electrons. The van der Waals surface area contributed by atoms with Crippen LogP contribution < -0.4 is 4.74 Å². The average molecular weight is 539 g/mol. The number of nitrogens with zero attached hydrogens (tertiary/aromatic N) is 2. The number of hydrogen-bond donors (Lipinski definition) is 2. The van der Waals surface area contributed by atoms with Crippen molar-refractivity contribution in [3.05, 3.63) is 70.2 Å². The smallest absolute Gasteiger partial charge is 0.227 e. The van der Waals surface area contributed by atoms with Gasteiger partial charge in [-0.25, -0.2) is 0 Å². The number of halogens is 1. The minimum atomic E-state index is -0.992. The SMILES string of the molecule is C=CCN1CC[C@]23c4c5ccc(O)c4O[C@H]2[C@@H](N(C)C(=O)Cc2ccccc2Br)CC[C@@]3(O)[C@H]1C5. The predicted octanol–water partition coefficient (Wildman–Crippen LogP) is 3.56. The van der Waals surface area contributed by atoms with Crippen LogP contribution in [0.5, 0.6) is 11.5 Å². The van der Waals surface area contributed by atoms with Crippen LogP contribution in [0.2, 0.25) is 0 Å². The van der Waals surface area contributed by atoms with Crippen molar-refractivity contribution in [3.63, 3.8) is 0 Å². The number of amides is 1. The van der Waals surface area contributed by atoms with Crippen molar-refractivity contribution < 1.29 is 19.7 Å². The Morgan fingerprint density at radius 1 is 1.31 bits per heavy atom. The van der Waals surface area contributed by atoms with Gasteiger partial charge < -0.3 is 19.8 Å². The molecule has 1 saturated heterocycles. The Morgan fingerprint density at radius 3 is 2.89 bits per heavy atom. The summed E-state index contributed by atoms with van der Waals surface area (Å²) in [4.78, 5) is 17.6. The van der Waals surface area contributed by atoms with Gasteiger partial charge in [0.05, 0.1) is 23.5 Å². The second-order valence-electron chi connectivity index (χ2n) is 10.5. The number of rotatable bonds is 5. The Balaban J connectivity index is 1.41. The first-order valence-electron chi connectivity index (χ1n) is 12.4. The highest BCUT2D eigenvalue weighted by molar-refractivity contribution is 9.10. The molecule has 6 nitrogen and oxygen atoms in total. The summed E-state index contributed by atoms with van der Waals surface area (Å²) in [6.45, 7) is 5.47. The maximum atomic E-state index is 13.5. The van der Waals surface area contributed by atoms with Gasteiger partial charge in [0.2, 0.25) is 5.91 Å². The van der Waals surface area contributed by atoms with E-state index >= 15 is 0 Å². The third kappa shape index (κ3) is 3.04. The minimum absolute atomic E-state index is 0.0178. The lowest BCUT2D eigenvalue weighted by atomic mass is 9.48. The predicted molar refractivity (Wildman–Crippen MR) is 137 cm³/mol. The van der Waals surface area contributed by atoms with Crippen LogP contribution >= 0.6 is 15.9 Å². The number of carbonyl (C=O) groups excluding carboxylic acids is 1. The van der Waals surface area contributed by atoms with Crippen molar-refractivity contribution in [1.29, 1.82) is 0 Å². The van der Waals surface area contributed by atoms with E-state index in [2.05, 4.69) is 27.4 Å². The van der Waals surface area contributed by atoms with E-state index in [9.17, 15) is 15.0 Å². The number of piperidine rings is 1. The maximum Gasteiger partial charge on any atom is 0.227 e. The number of carbonyl (C=O) groups is 1. The lowest BCUT2D eigenvalue weighted by molar-refractivity contribution is -0.198. The summed E-state index contributed by atoms with van der Waals surface area (Å²) in [7, 11) is 1.85. The molecule has 0 aromatic heterocycles. The molecule has 0 radical (unpaired) electrons. The van der Waals surface area contributed by atoms with Crippen LogP contribution in [0.3, 0.4) is 0 Å². The lowest BCUT2D eigenvalue weighted by Crippen LogP contribution is -2.78. The Morgan fingerprint density at radius 2 is 2.11 bits per heavy atom. The van der Waals surface area contributed by atoms with E-state index in [1.165, 1.54) is 0 Å². The van der Waals surface area contributed by atoms with Crippen LogP contribution in [-0.2, 0) is 23.1 Å². The molecular formula is C28H31BrN2O4. The highest BCUT2D eigenvalue weighted by atomic mass is 79.9. The molecule has 0 unspecified atom stereocenters. The summed E-state index contributed by atoms with van der Waals surface area (Å²) in [6.07, 6.45) is 4.43. The van der Waals surface area contributed by atoms with Crippen molar-refractivity contribution in [2.45, 2.75) is 61.3 Å². The standard InChI is InChI=1S/C28H31BrN2O4/c1-3-13-31-14-12-27-24-18-8-9-21(32)25(24)35-26(27)20(10-11-28(27,34)22(31)15-18)30(2)23(33)16-17-6-4-5-7-19(17)29/h3-9,20,22,26,32,34H,1,10-16H2,2H3/t20-,22+,26-,27-,28+/m0/s1. The topological polar surface area (TPSA) is 73.2 Å². The minimum Gasteiger partial charge on any atom is -0.504 e. The average Bonchev–Trinajstić information content (AvgIpc) is 3.19. The summed E-state index contributed by atoms with van der Waals surface area (Å²) in [5.41, 5.74) is 1.40. The molecule has 1 saturated carbocycles. The molecule has 35 heavy (non-hydrogen) atoms. The largest absolute Gasteiger partial charge is 0.504 e. The Bertz CT molecular complexity index is 1220. The molecule has 2 aromatic rings. The summed E-state index contributed by atoms with van der Waals surface area (Å²) in [5.74, 6) is 0.632. The van der Waals surface area contributed by atoms with E-state index in [1.807, 2.05) is 48.4 Å². The number of benzene rings is 2. The first-order valence-corrected chi connectivity index (χ1v) is 13.2. The first-order chi connectivity index (χ1) is 16.8. The van der Waals surface area contributed by atoms with E-state index in [-0.39, 0.29) is 30.2 Å². The molecule has 5 atom stereocenters. The first kappa shape index (κ1) is 23.1. The number of hydrogen-bond acceptors (Lipinski definition) is 5. The van der Waals surface area contributed by atoms with Crippen LogP contribution in [0.15, 0.2) is 53.5 Å². The molecule has 7 heteroatoms. The third-order valence-electron chi connectivity index (χ3n) is 9.10. The third-order valence-corrected chi connectivity index (χ3v) is 9.87. The zero-order valence-corrected chi connectivity index (χ0v) is 21.5. The van der Waals surface area contributed by atoms with Crippen molar-refractivity contribution in [3.8, 4) is 11.5 Å². The zero-order chi connectivity index (χ0) is 24.5. The molecule has 4 aliphatic rings. The van der Waals surface area contributed by atoms with Gasteiger partial charge in [-0.15, -0.1) is 6.58 Å². The Labute approximate surface area is 214 Å². The second-order valence-corrected chi connectivity index (χ2v) is 11.4. The number of phenolic OH excluding ortho intramolecular Hbond substituents is 1. The van der Waals surface area contributed by atoms with E-state index in [4.69, 9.17) is 4.74 Å². The van der Waals surface area contributed by atoms with E-state index in [1.54, 1.807) is 6.07 Å². The molecule has 1 amide bonds. The number of aromatic hydroxyl groups is 1. The molecule has 2 fully saturated rings. The van der Waals surface area contributed by atoms with E-state index < -0.39 is 17.1 Å². The molecule has 2 aliphatic heterocycles. The van der Waals surface area contributed by atoms with Gasteiger partial charge in [0.1, 0.15) is 6.10 Å². The van der Waals surface area contributed by atoms with Crippen LogP contribution in [-0.4, -0.2) is 69.8 Å². The van der Waals surface area contributed by atoms with E-state index in [0.29, 0.717) is 31.4 Å². The van der Waals surface area contributed by atoms with Crippen molar-refractivity contribution >= 4 is 21.8 Å². The molecule has 2 aromatic carbocycles. The van der Waals surface area contributed by atoms with Gasteiger partial charge in [-0.05, 0) is 55.5 Å². The maximum absolute atomic E-state index is 13.5. The van der Waals surface area contributed by atoms with Gasteiger partial charge in [-0.1, -0.05) is 46.3 Å². The van der Waals surface area contributed by atoms with Gasteiger partial charge in [0, 0.05) is 29.7 Å². The van der Waals surface area contributed by atoms with Gasteiger partial charge in [-0.3, -0.25) is 9.69 Å². The van der Waals surface area contributed by atoms with Gasteiger partial charge >= 0.3 is 0 Å². The lowest BCUT2D eigenvalue weighted by Gasteiger charge is -2.64. The van der Waals surface area contributed by atoms with E-state index in [0.717, 1.165) is 34.3 Å². The summed E-state index contributed by atoms with van der Waals surface area (Å²) in [6, 6.07) is 11.2. The second kappa shape index (κ2) is 8.08. The van der Waals surface area contributed by atoms with Gasteiger partial charge in [-0.2, -0.15) is 0 Å². The van der Waals surface area contributed by atoms with Crippen LogP contribution in [0.4, 0.5) is 0 Å². The molecule has 1 spiro atoms. The number of likely N-dealkylation sites (N-methyl/N-ethyl adjacent to an activating group) is 1. The van der Waals surface area contributed by atoms with Crippen molar-refractivity contribution in [2.75, 3.05) is 20.1 Å². The number of aliphatic hydroxyl groups is 1. The number of phenols is 1. The van der Waals surface area contributed by atoms with Crippen LogP contribution in [0.1, 0.15) is 36.0 Å².